The standard InChI is InChI=1S/C31H25ClN4O/c1-20-7-5-8-22(17-20)28-19-29(23-9-6-10-25(18-23)37-2)36(35-28)31-33-27-12-4-3-11-26(27)30(34-31)21-13-15-24(32)16-14-21/h3-18,29H,19H2,1-2H3/t29-/m1/s1. The van der Waals surface area contributed by atoms with Gasteiger partial charge in [0.25, 0.3) is 0 Å². The van der Waals surface area contributed by atoms with Gasteiger partial charge in [-0.2, -0.15) is 5.10 Å². The van der Waals surface area contributed by atoms with Crippen molar-refractivity contribution in [1.29, 1.82) is 0 Å². The first-order valence-electron chi connectivity index (χ1n) is 12.2. The minimum Gasteiger partial charge on any atom is -0.497 e. The van der Waals surface area contributed by atoms with Gasteiger partial charge in [0, 0.05) is 22.4 Å². The number of ether oxygens (including phenoxy) is 1. The lowest BCUT2D eigenvalue weighted by Crippen LogP contribution is -2.21. The number of nitrogens with zero attached hydrogens (tertiary/aromatic N) is 4. The van der Waals surface area contributed by atoms with Gasteiger partial charge in [0.2, 0.25) is 5.95 Å². The first kappa shape index (κ1) is 23.2. The van der Waals surface area contributed by atoms with Gasteiger partial charge < -0.3 is 4.74 Å². The Labute approximate surface area is 221 Å². The van der Waals surface area contributed by atoms with Gasteiger partial charge in [-0.15, -0.1) is 0 Å². The van der Waals surface area contributed by atoms with Crippen molar-refractivity contribution in [1.82, 2.24) is 9.97 Å². The zero-order valence-corrected chi connectivity index (χ0v) is 21.4. The van der Waals surface area contributed by atoms with Crippen LogP contribution in [0.2, 0.25) is 5.02 Å². The van der Waals surface area contributed by atoms with Crippen LogP contribution in [0.5, 0.6) is 5.75 Å². The second-order valence-electron chi connectivity index (χ2n) is 9.15. The fraction of sp³-hybridized carbons (Fsp3) is 0.129. The molecule has 1 aliphatic rings. The molecule has 0 saturated heterocycles. The van der Waals surface area contributed by atoms with Gasteiger partial charge in [-0.3, -0.25) is 0 Å². The maximum atomic E-state index is 6.18. The van der Waals surface area contributed by atoms with Crippen molar-refractivity contribution in [2.75, 3.05) is 12.1 Å². The molecule has 37 heavy (non-hydrogen) atoms. The molecular formula is C31H25ClN4O. The van der Waals surface area contributed by atoms with Crippen LogP contribution in [0.25, 0.3) is 22.2 Å². The minimum absolute atomic E-state index is 0.0788. The number of para-hydroxylation sites is 1. The van der Waals surface area contributed by atoms with E-state index in [-0.39, 0.29) is 6.04 Å². The van der Waals surface area contributed by atoms with E-state index < -0.39 is 0 Å². The molecule has 5 nitrogen and oxygen atoms in total. The number of hydrogen-bond donors (Lipinski definition) is 0. The van der Waals surface area contributed by atoms with Crippen molar-refractivity contribution in [3.8, 4) is 17.0 Å². The van der Waals surface area contributed by atoms with Crippen LogP contribution in [-0.4, -0.2) is 22.8 Å². The molecular weight excluding hydrogens is 480 g/mol. The third-order valence-electron chi connectivity index (χ3n) is 6.65. The van der Waals surface area contributed by atoms with Crippen LogP contribution in [0.15, 0.2) is 102 Å². The monoisotopic (exact) mass is 504 g/mol. The summed E-state index contributed by atoms with van der Waals surface area (Å²) in [7, 11) is 1.69. The lowest BCUT2D eigenvalue weighted by Gasteiger charge is -2.23. The molecule has 0 radical (unpaired) electrons. The van der Waals surface area contributed by atoms with E-state index >= 15 is 0 Å². The normalized spacial score (nSPS) is 15.2. The van der Waals surface area contributed by atoms with Crippen LogP contribution in [0.3, 0.4) is 0 Å². The lowest BCUT2D eigenvalue weighted by atomic mass is 9.97. The predicted molar refractivity (Wildman–Crippen MR) is 151 cm³/mol. The summed E-state index contributed by atoms with van der Waals surface area (Å²) in [6.45, 7) is 2.10. The number of halogens is 1. The highest BCUT2D eigenvalue weighted by molar-refractivity contribution is 6.30. The molecule has 1 aliphatic heterocycles. The molecule has 1 atom stereocenters. The molecule has 0 spiro atoms. The number of hydrogen-bond acceptors (Lipinski definition) is 5. The fourth-order valence-electron chi connectivity index (χ4n) is 4.80. The number of hydrazone groups is 1. The van der Waals surface area contributed by atoms with Crippen molar-refractivity contribution in [3.63, 3.8) is 0 Å². The third kappa shape index (κ3) is 4.54. The van der Waals surface area contributed by atoms with E-state index in [2.05, 4.69) is 43.3 Å². The van der Waals surface area contributed by atoms with Gasteiger partial charge in [0.1, 0.15) is 5.75 Å². The Bertz CT molecular complexity index is 1630. The second kappa shape index (κ2) is 9.68. The number of methoxy groups -OCH3 is 1. The van der Waals surface area contributed by atoms with Crippen LogP contribution in [0, 0.1) is 6.92 Å². The zero-order chi connectivity index (χ0) is 25.4. The highest BCUT2D eigenvalue weighted by Gasteiger charge is 2.32. The van der Waals surface area contributed by atoms with Crippen LogP contribution < -0.4 is 9.75 Å². The van der Waals surface area contributed by atoms with E-state index in [1.807, 2.05) is 65.7 Å². The van der Waals surface area contributed by atoms with Gasteiger partial charge >= 0.3 is 0 Å². The number of aryl methyl sites for hydroxylation is 1. The molecule has 4 aromatic carbocycles. The summed E-state index contributed by atoms with van der Waals surface area (Å²) < 4.78 is 5.53. The number of benzene rings is 4. The topological polar surface area (TPSA) is 50.6 Å². The summed E-state index contributed by atoms with van der Waals surface area (Å²) in [5, 5.41) is 8.73. The van der Waals surface area contributed by atoms with E-state index in [0.29, 0.717) is 11.0 Å². The first-order chi connectivity index (χ1) is 18.1. The number of aromatic nitrogens is 2. The fourth-order valence-corrected chi connectivity index (χ4v) is 4.92. The molecule has 182 valence electrons. The quantitative estimate of drug-likeness (QED) is 0.247. The van der Waals surface area contributed by atoms with Crippen molar-refractivity contribution in [3.05, 3.63) is 119 Å². The molecule has 0 aliphatic carbocycles. The van der Waals surface area contributed by atoms with Crippen molar-refractivity contribution >= 4 is 34.2 Å². The molecule has 0 fully saturated rings. The Morgan fingerprint density at radius 1 is 0.838 bits per heavy atom. The summed E-state index contributed by atoms with van der Waals surface area (Å²) >= 11 is 6.18. The van der Waals surface area contributed by atoms with Crippen LogP contribution in [0.1, 0.15) is 29.2 Å². The van der Waals surface area contributed by atoms with E-state index in [4.69, 9.17) is 31.4 Å². The number of anilines is 1. The van der Waals surface area contributed by atoms with Gasteiger partial charge in [-0.25, -0.2) is 15.0 Å². The molecule has 0 unspecified atom stereocenters. The summed E-state index contributed by atoms with van der Waals surface area (Å²) in [4.78, 5) is 10.1. The highest BCUT2D eigenvalue weighted by atomic mass is 35.5. The van der Waals surface area contributed by atoms with E-state index in [0.717, 1.165) is 51.2 Å². The molecule has 0 bridgehead atoms. The maximum Gasteiger partial charge on any atom is 0.247 e. The Morgan fingerprint density at radius 3 is 2.46 bits per heavy atom. The molecule has 0 saturated carbocycles. The third-order valence-corrected chi connectivity index (χ3v) is 6.91. The van der Waals surface area contributed by atoms with Crippen LogP contribution in [0.4, 0.5) is 5.95 Å². The molecule has 2 heterocycles. The van der Waals surface area contributed by atoms with Crippen LogP contribution in [-0.2, 0) is 0 Å². The molecule has 5 aromatic rings. The summed E-state index contributed by atoms with van der Waals surface area (Å²) in [6.07, 6.45) is 0.725. The average Bonchev–Trinajstić information content (AvgIpc) is 3.39. The smallest absolute Gasteiger partial charge is 0.247 e. The minimum atomic E-state index is -0.0788. The van der Waals surface area contributed by atoms with E-state index in [1.54, 1.807) is 7.11 Å². The van der Waals surface area contributed by atoms with Gasteiger partial charge in [-0.1, -0.05) is 83.9 Å². The van der Waals surface area contributed by atoms with E-state index in [9.17, 15) is 0 Å². The molecule has 0 amide bonds. The van der Waals surface area contributed by atoms with Crippen LogP contribution >= 0.6 is 11.6 Å². The number of rotatable bonds is 5. The lowest BCUT2D eigenvalue weighted by molar-refractivity contribution is 0.414. The van der Waals surface area contributed by atoms with E-state index in [1.165, 1.54) is 5.56 Å². The molecule has 1 aromatic heterocycles. The Kier molecular flexibility index (Phi) is 6.07. The second-order valence-corrected chi connectivity index (χ2v) is 9.59. The van der Waals surface area contributed by atoms with Crippen molar-refractivity contribution < 1.29 is 4.74 Å². The Hall–Kier alpha value is -4.22. The summed E-state index contributed by atoms with van der Waals surface area (Å²) in [6, 6.07) is 32.3. The summed E-state index contributed by atoms with van der Waals surface area (Å²) in [5.41, 5.74) is 7.08. The molecule has 0 N–H and O–H groups in total. The van der Waals surface area contributed by atoms with Gasteiger partial charge in [-0.05, 0) is 48.4 Å². The van der Waals surface area contributed by atoms with Gasteiger partial charge in [0.05, 0.1) is 30.1 Å². The average molecular weight is 505 g/mol. The summed E-state index contributed by atoms with van der Waals surface area (Å²) in [5.74, 6) is 1.36. The largest absolute Gasteiger partial charge is 0.497 e. The molecule has 6 rings (SSSR count). The zero-order valence-electron chi connectivity index (χ0n) is 20.6. The predicted octanol–water partition coefficient (Wildman–Crippen LogP) is 7.62. The SMILES string of the molecule is COc1cccc([C@H]2CC(c3cccc(C)c3)=NN2c2nc(-c3ccc(Cl)cc3)c3ccccc3n2)c1. The Morgan fingerprint density at radius 2 is 1.65 bits per heavy atom. The highest BCUT2D eigenvalue weighted by Crippen LogP contribution is 2.38. The first-order valence-corrected chi connectivity index (χ1v) is 12.6. The van der Waals surface area contributed by atoms with Crippen molar-refractivity contribution in [2.24, 2.45) is 5.10 Å². The number of fused-ring (bicyclic) bond motifs is 1. The Balaban J connectivity index is 1.53. The maximum absolute atomic E-state index is 6.18. The molecule has 6 heteroatoms. The van der Waals surface area contributed by atoms with Crippen molar-refractivity contribution in [2.45, 2.75) is 19.4 Å². The van der Waals surface area contributed by atoms with Gasteiger partial charge in [0.15, 0.2) is 0 Å².